The number of hydrogen-bond acceptors (Lipinski definition) is 2. The summed E-state index contributed by atoms with van der Waals surface area (Å²) in [5.41, 5.74) is 2.16. The number of rotatable bonds is 4. The minimum atomic E-state index is 0.173. The molecule has 2 heterocycles. The first-order valence-corrected chi connectivity index (χ1v) is 7.47. The third-order valence-electron chi connectivity index (χ3n) is 4.07. The van der Waals surface area contributed by atoms with Gasteiger partial charge in [0.2, 0.25) is 5.91 Å². The van der Waals surface area contributed by atoms with Crippen LogP contribution in [-0.4, -0.2) is 33.4 Å². The Balaban J connectivity index is 2.03. The van der Waals surface area contributed by atoms with E-state index in [1.807, 2.05) is 23.1 Å². The van der Waals surface area contributed by atoms with Gasteiger partial charge < -0.3 is 9.47 Å². The molecule has 0 bridgehead atoms. The number of aromatic nitrogens is 2. The Bertz CT molecular complexity index is 686. The van der Waals surface area contributed by atoms with Crippen LogP contribution in [0.2, 0.25) is 0 Å². The van der Waals surface area contributed by atoms with Crippen molar-refractivity contribution in [2.45, 2.75) is 32.2 Å². The fraction of sp³-hybridized carbons (Fsp3) is 0.412. The predicted molar refractivity (Wildman–Crippen MR) is 84.3 cm³/mol. The molecule has 0 spiro atoms. The van der Waals surface area contributed by atoms with Crippen molar-refractivity contribution in [2.75, 3.05) is 13.1 Å². The molecule has 1 atom stereocenters. The zero-order valence-corrected chi connectivity index (χ0v) is 12.6. The van der Waals surface area contributed by atoms with Gasteiger partial charge in [0, 0.05) is 31.5 Å². The van der Waals surface area contributed by atoms with Crippen molar-refractivity contribution >= 4 is 16.9 Å². The van der Waals surface area contributed by atoms with Gasteiger partial charge in [0.25, 0.3) is 0 Å². The van der Waals surface area contributed by atoms with Crippen LogP contribution in [0.5, 0.6) is 0 Å². The average molecular weight is 283 g/mol. The summed E-state index contributed by atoms with van der Waals surface area (Å²) in [4.78, 5) is 18.8. The van der Waals surface area contributed by atoms with Crippen molar-refractivity contribution in [3.63, 3.8) is 0 Å². The van der Waals surface area contributed by atoms with Crippen molar-refractivity contribution in [1.29, 1.82) is 0 Å². The van der Waals surface area contributed by atoms with Crippen LogP contribution in [-0.2, 0) is 4.79 Å². The van der Waals surface area contributed by atoms with E-state index in [9.17, 15) is 4.79 Å². The summed E-state index contributed by atoms with van der Waals surface area (Å²) < 4.78 is 2.27. The lowest BCUT2D eigenvalue weighted by Crippen LogP contribution is -2.25. The van der Waals surface area contributed by atoms with E-state index >= 15 is 0 Å². The summed E-state index contributed by atoms with van der Waals surface area (Å²) in [5.74, 6) is 1.40. The van der Waals surface area contributed by atoms with Gasteiger partial charge in [0.05, 0.1) is 11.0 Å². The summed E-state index contributed by atoms with van der Waals surface area (Å²) >= 11 is 0. The minimum Gasteiger partial charge on any atom is -0.338 e. The lowest BCUT2D eigenvalue weighted by molar-refractivity contribution is -0.127. The smallest absolute Gasteiger partial charge is 0.223 e. The first-order valence-electron chi connectivity index (χ1n) is 7.47. The maximum Gasteiger partial charge on any atom is 0.223 e. The lowest BCUT2D eigenvalue weighted by Gasteiger charge is -2.17. The summed E-state index contributed by atoms with van der Waals surface area (Å²) in [6.45, 7) is 9.41. The summed E-state index contributed by atoms with van der Waals surface area (Å²) in [6, 6.07) is 8.51. The fourth-order valence-electron chi connectivity index (χ4n) is 3.17. The molecule has 4 heteroatoms. The Morgan fingerprint density at radius 3 is 2.90 bits per heavy atom. The Kier molecular flexibility index (Phi) is 3.53. The van der Waals surface area contributed by atoms with E-state index in [1.165, 1.54) is 0 Å². The van der Waals surface area contributed by atoms with Gasteiger partial charge >= 0.3 is 0 Å². The molecule has 4 nitrogen and oxygen atoms in total. The van der Waals surface area contributed by atoms with Crippen molar-refractivity contribution in [1.82, 2.24) is 14.5 Å². The molecule has 0 N–H and O–H groups in total. The van der Waals surface area contributed by atoms with Crippen LogP contribution in [0.1, 0.15) is 38.1 Å². The van der Waals surface area contributed by atoms with Gasteiger partial charge in [-0.3, -0.25) is 4.79 Å². The number of nitrogens with zero attached hydrogens (tertiary/aromatic N) is 3. The third kappa shape index (κ3) is 2.35. The molecule has 21 heavy (non-hydrogen) atoms. The number of imidazole rings is 1. The Labute approximate surface area is 125 Å². The topological polar surface area (TPSA) is 38.1 Å². The first kappa shape index (κ1) is 13.9. The minimum absolute atomic E-state index is 0.173. The van der Waals surface area contributed by atoms with Crippen molar-refractivity contribution in [3.05, 3.63) is 42.7 Å². The molecular weight excluding hydrogens is 262 g/mol. The van der Waals surface area contributed by atoms with E-state index in [2.05, 4.69) is 31.1 Å². The number of amides is 1. The van der Waals surface area contributed by atoms with E-state index in [-0.39, 0.29) is 11.8 Å². The number of para-hydroxylation sites is 2. The van der Waals surface area contributed by atoms with E-state index in [4.69, 9.17) is 4.98 Å². The van der Waals surface area contributed by atoms with Gasteiger partial charge in [-0.2, -0.15) is 0 Å². The van der Waals surface area contributed by atoms with E-state index < -0.39 is 0 Å². The summed E-state index contributed by atoms with van der Waals surface area (Å²) in [7, 11) is 0. The molecule has 110 valence electrons. The highest BCUT2D eigenvalue weighted by Crippen LogP contribution is 2.32. The number of fused-ring (bicyclic) bond motifs is 1. The number of likely N-dealkylation sites (tertiary alicyclic amines) is 1. The Morgan fingerprint density at radius 2 is 2.19 bits per heavy atom. The van der Waals surface area contributed by atoms with Gasteiger partial charge in [-0.1, -0.05) is 18.2 Å². The molecule has 3 rings (SSSR count). The summed E-state index contributed by atoms with van der Waals surface area (Å²) in [6.07, 6.45) is 2.33. The zero-order chi connectivity index (χ0) is 15.0. The molecule has 2 aromatic rings. The molecule has 0 radical (unpaired) electrons. The largest absolute Gasteiger partial charge is 0.338 e. The molecule has 1 amide bonds. The Morgan fingerprint density at radius 1 is 1.43 bits per heavy atom. The van der Waals surface area contributed by atoms with Crippen LogP contribution in [0.15, 0.2) is 36.9 Å². The second-order valence-electron chi connectivity index (χ2n) is 5.91. The standard InChI is InChI=1S/C17H21N3O/c1-4-9-19-11-13(10-16(19)21)17-18-14-7-5-6-8-15(14)20(17)12(2)3/h4-8,12-13H,1,9-11H2,2-3H3/t13-/m0/s1. The normalized spacial score (nSPS) is 18.9. The van der Waals surface area contributed by atoms with Crippen LogP contribution < -0.4 is 0 Å². The van der Waals surface area contributed by atoms with Crippen molar-refractivity contribution < 1.29 is 4.79 Å². The van der Waals surface area contributed by atoms with Crippen LogP contribution in [0.25, 0.3) is 11.0 Å². The molecular formula is C17H21N3O. The fourth-order valence-corrected chi connectivity index (χ4v) is 3.17. The number of benzene rings is 1. The van der Waals surface area contributed by atoms with Crippen LogP contribution >= 0.6 is 0 Å². The van der Waals surface area contributed by atoms with Crippen LogP contribution in [0.4, 0.5) is 0 Å². The van der Waals surface area contributed by atoms with E-state index in [1.54, 1.807) is 6.08 Å². The molecule has 1 saturated heterocycles. The highest BCUT2D eigenvalue weighted by molar-refractivity contribution is 5.81. The lowest BCUT2D eigenvalue weighted by atomic mass is 10.1. The zero-order valence-electron chi connectivity index (χ0n) is 12.6. The molecule has 0 aliphatic carbocycles. The second kappa shape index (κ2) is 5.35. The maximum absolute atomic E-state index is 12.1. The SMILES string of the molecule is C=CCN1C[C@@H](c2nc3ccccc3n2C(C)C)CC1=O. The van der Waals surface area contributed by atoms with Crippen molar-refractivity contribution in [3.8, 4) is 0 Å². The van der Waals surface area contributed by atoms with Gasteiger partial charge in [0.1, 0.15) is 5.82 Å². The molecule has 0 unspecified atom stereocenters. The molecule has 1 aliphatic heterocycles. The number of hydrogen-bond donors (Lipinski definition) is 0. The highest BCUT2D eigenvalue weighted by Gasteiger charge is 2.33. The van der Waals surface area contributed by atoms with Gasteiger partial charge in [-0.05, 0) is 26.0 Å². The molecule has 1 aliphatic rings. The van der Waals surface area contributed by atoms with Gasteiger partial charge in [0.15, 0.2) is 0 Å². The second-order valence-corrected chi connectivity index (χ2v) is 5.91. The third-order valence-corrected chi connectivity index (χ3v) is 4.07. The molecule has 1 aromatic carbocycles. The monoisotopic (exact) mass is 283 g/mol. The Hall–Kier alpha value is -2.10. The van der Waals surface area contributed by atoms with E-state index in [0.717, 1.165) is 23.4 Å². The number of carbonyl (C=O) groups excluding carboxylic acids is 1. The van der Waals surface area contributed by atoms with E-state index in [0.29, 0.717) is 19.0 Å². The average Bonchev–Trinajstić information content (AvgIpc) is 3.00. The van der Waals surface area contributed by atoms with Gasteiger partial charge in [-0.15, -0.1) is 6.58 Å². The molecule has 1 fully saturated rings. The summed E-state index contributed by atoms with van der Waals surface area (Å²) in [5, 5.41) is 0. The quantitative estimate of drug-likeness (QED) is 0.809. The highest BCUT2D eigenvalue weighted by atomic mass is 16.2. The molecule has 1 aromatic heterocycles. The van der Waals surface area contributed by atoms with Crippen LogP contribution in [0.3, 0.4) is 0 Å². The van der Waals surface area contributed by atoms with Crippen LogP contribution in [0, 0.1) is 0 Å². The maximum atomic E-state index is 12.1. The molecule has 0 saturated carbocycles. The predicted octanol–water partition coefficient (Wildman–Crippen LogP) is 3.12. The first-order chi connectivity index (χ1) is 10.1. The number of carbonyl (C=O) groups is 1. The van der Waals surface area contributed by atoms with Crippen molar-refractivity contribution in [2.24, 2.45) is 0 Å². The van der Waals surface area contributed by atoms with Gasteiger partial charge in [-0.25, -0.2) is 4.98 Å².